The molecule has 5 rings (SSSR count). The molecule has 3 aliphatic rings. The molecule has 18 nitrogen and oxygen atoms in total. The molecule has 4 amide bonds. The first-order chi connectivity index (χ1) is 24.4. The second kappa shape index (κ2) is 15.1. The predicted molar refractivity (Wildman–Crippen MR) is 183 cm³/mol. The molecular formula is C33H44N8O10S. The number of sulfone groups is 1. The zero-order valence-corrected chi connectivity index (χ0v) is 29.8. The number of hydrogen-bond donors (Lipinski definition) is 4. The standard InChI is InChI=1S/C33H44N8O10S/c1-32(2,47)26-18-35-38-40(26)23-17-25(30(45)37-33(27(42)28(34)43)12-14-52(50,51)15-13-33)39(19-23)31(46)24(16-20-6-4-3-5-7-20)36-29(44)21-8-10-22(11-9-21)41(48)49/h8-11,18,20,23-25,47H,3-7,12-17,19H2,1-2H3,(H2,34,43)(H,36,44)(H,37,45)/t23-,24?,25-/m0/s1. The summed E-state index contributed by atoms with van der Waals surface area (Å²) in [5.41, 5.74) is 2.18. The van der Waals surface area contributed by atoms with Gasteiger partial charge >= 0.3 is 0 Å². The first-order valence-electron chi connectivity index (χ1n) is 17.3. The summed E-state index contributed by atoms with van der Waals surface area (Å²) < 4.78 is 26.0. The fraction of sp³-hybridized carbons (Fsp3) is 0.606. The maximum atomic E-state index is 14.7. The second-order valence-electron chi connectivity index (χ2n) is 14.5. The minimum atomic E-state index is -3.55. The normalized spacial score (nSPS) is 22.2. The zero-order valence-electron chi connectivity index (χ0n) is 29.0. The quantitative estimate of drug-likeness (QED) is 0.131. The molecule has 19 heteroatoms. The molecule has 1 aliphatic carbocycles. The van der Waals surface area contributed by atoms with E-state index in [0.29, 0.717) is 5.69 Å². The number of non-ortho nitro benzene ring substituents is 1. The van der Waals surface area contributed by atoms with Crippen molar-refractivity contribution >= 4 is 44.9 Å². The van der Waals surface area contributed by atoms with E-state index < -0.39 is 97.8 Å². The molecule has 1 unspecified atom stereocenters. The molecule has 2 aliphatic heterocycles. The first-order valence-corrected chi connectivity index (χ1v) is 19.1. The number of aliphatic hydroxyl groups is 1. The zero-order chi connectivity index (χ0) is 38.0. The molecular weight excluding hydrogens is 700 g/mol. The third-order valence-corrected chi connectivity index (χ3v) is 12.0. The highest BCUT2D eigenvalue weighted by atomic mass is 32.2. The number of likely N-dealkylation sites (tertiary alicyclic amines) is 1. The molecule has 3 atom stereocenters. The second-order valence-corrected chi connectivity index (χ2v) is 16.8. The third-order valence-electron chi connectivity index (χ3n) is 10.4. The van der Waals surface area contributed by atoms with Crippen molar-refractivity contribution in [3.05, 3.63) is 51.8 Å². The highest BCUT2D eigenvalue weighted by Gasteiger charge is 2.50. The number of carbonyl (C=O) groups excluding carboxylic acids is 5. The molecule has 3 heterocycles. The summed E-state index contributed by atoms with van der Waals surface area (Å²) in [7, 11) is -3.55. The van der Waals surface area contributed by atoms with Crippen molar-refractivity contribution in [2.45, 2.75) is 101 Å². The number of ketones is 1. The van der Waals surface area contributed by atoms with E-state index in [2.05, 4.69) is 20.9 Å². The van der Waals surface area contributed by atoms with Gasteiger partial charge in [0.05, 0.1) is 34.4 Å². The van der Waals surface area contributed by atoms with Crippen LogP contribution in [0.1, 0.15) is 93.7 Å². The minimum Gasteiger partial charge on any atom is -0.384 e. The molecule has 2 aromatic rings. The summed E-state index contributed by atoms with van der Waals surface area (Å²) in [4.78, 5) is 79.5. The molecule has 1 aromatic heterocycles. The van der Waals surface area contributed by atoms with E-state index in [9.17, 15) is 47.6 Å². The van der Waals surface area contributed by atoms with Gasteiger partial charge in [-0.1, -0.05) is 37.3 Å². The number of Topliss-reactive ketones (excluding diaryl/α,β-unsaturated/α-hetero) is 1. The van der Waals surface area contributed by atoms with Crippen LogP contribution in [-0.2, 0) is 34.6 Å². The number of nitrogens with two attached hydrogens (primary N) is 1. The van der Waals surface area contributed by atoms with Gasteiger partial charge in [0.2, 0.25) is 17.6 Å². The smallest absolute Gasteiger partial charge is 0.287 e. The number of nitro groups is 1. The number of nitrogens with zero attached hydrogens (tertiary/aromatic N) is 5. The number of hydrogen-bond acceptors (Lipinski definition) is 12. The van der Waals surface area contributed by atoms with Crippen molar-refractivity contribution in [1.29, 1.82) is 0 Å². The highest BCUT2D eigenvalue weighted by molar-refractivity contribution is 7.91. The summed E-state index contributed by atoms with van der Waals surface area (Å²) in [6, 6.07) is 1.77. The van der Waals surface area contributed by atoms with Gasteiger partial charge < -0.3 is 26.4 Å². The van der Waals surface area contributed by atoms with Crippen molar-refractivity contribution in [3.63, 3.8) is 0 Å². The van der Waals surface area contributed by atoms with Crippen LogP contribution in [0, 0.1) is 16.0 Å². The largest absolute Gasteiger partial charge is 0.384 e. The summed E-state index contributed by atoms with van der Waals surface area (Å²) in [5.74, 6) is -5.51. The lowest BCUT2D eigenvalue weighted by molar-refractivity contribution is -0.384. The van der Waals surface area contributed by atoms with Crippen LogP contribution in [0.4, 0.5) is 5.69 Å². The molecule has 3 fully saturated rings. The van der Waals surface area contributed by atoms with Gasteiger partial charge in [-0.3, -0.25) is 34.1 Å². The number of aromatic nitrogens is 3. The fourth-order valence-electron chi connectivity index (χ4n) is 7.44. The number of primary amides is 1. The van der Waals surface area contributed by atoms with Gasteiger partial charge in [-0.25, -0.2) is 13.1 Å². The van der Waals surface area contributed by atoms with Gasteiger partial charge in [-0.2, -0.15) is 0 Å². The van der Waals surface area contributed by atoms with Crippen LogP contribution < -0.4 is 16.4 Å². The van der Waals surface area contributed by atoms with Crippen molar-refractivity contribution in [2.24, 2.45) is 11.7 Å². The lowest BCUT2D eigenvalue weighted by Gasteiger charge is -2.37. The number of rotatable bonds is 12. The monoisotopic (exact) mass is 744 g/mol. The van der Waals surface area contributed by atoms with E-state index in [0.717, 1.165) is 32.1 Å². The average Bonchev–Trinajstić information content (AvgIpc) is 3.77. The van der Waals surface area contributed by atoms with Crippen LogP contribution in [0.25, 0.3) is 0 Å². The van der Waals surface area contributed by atoms with Gasteiger partial charge in [0.25, 0.3) is 17.5 Å². The van der Waals surface area contributed by atoms with Crippen LogP contribution >= 0.6 is 0 Å². The molecule has 0 spiro atoms. The van der Waals surface area contributed by atoms with Crippen molar-refractivity contribution in [3.8, 4) is 0 Å². The van der Waals surface area contributed by atoms with Crippen LogP contribution in [0.5, 0.6) is 0 Å². The third kappa shape index (κ3) is 8.46. The molecule has 1 aromatic carbocycles. The Bertz CT molecular complexity index is 1820. The van der Waals surface area contributed by atoms with E-state index in [-0.39, 0.29) is 36.6 Å². The summed E-state index contributed by atoms with van der Waals surface area (Å²) >= 11 is 0. The lowest BCUT2D eigenvalue weighted by atomic mass is 9.84. The number of benzene rings is 1. The van der Waals surface area contributed by atoms with Gasteiger partial charge in [-0.05, 0) is 51.2 Å². The number of carbonyl (C=O) groups is 5. The van der Waals surface area contributed by atoms with Crippen LogP contribution in [0.3, 0.4) is 0 Å². The van der Waals surface area contributed by atoms with Gasteiger partial charge in [0, 0.05) is 30.7 Å². The fourth-order valence-corrected chi connectivity index (χ4v) is 8.96. The van der Waals surface area contributed by atoms with Crippen LogP contribution in [0.15, 0.2) is 30.5 Å². The molecule has 5 N–H and O–H groups in total. The topological polar surface area (TPSA) is 267 Å². The van der Waals surface area contributed by atoms with Gasteiger partial charge in [0.1, 0.15) is 23.2 Å². The average molecular weight is 745 g/mol. The number of amides is 4. The van der Waals surface area contributed by atoms with Crippen molar-refractivity contribution in [1.82, 2.24) is 30.5 Å². The maximum Gasteiger partial charge on any atom is 0.287 e. The Hall–Kier alpha value is -4.78. The Morgan fingerprint density at radius 1 is 1.10 bits per heavy atom. The molecule has 1 saturated carbocycles. The molecule has 0 bridgehead atoms. The maximum absolute atomic E-state index is 14.7. The molecule has 2 saturated heterocycles. The Balaban J connectivity index is 1.49. The Kier molecular flexibility index (Phi) is 11.1. The highest BCUT2D eigenvalue weighted by Crippen LogP contribution is 2.35. The lowest BCUT2D eigenvalue weighted by Crippen LogP contribution is -2.64. The van der Waals surface area contributed by atoms with Crippen molar-refractivity contribution < 1.29 is 42.4 Å². The Morgan fingerprint density at radius 2 is 1.73 bits per heavy atom. The van der Waals surface area contributed by atoms with E-state index in [4.69, 9.17) is 5.73 Å². The predicted octanol–water partition coefficient (Wildman–Crippen LogP) is 0.443. The molecule has 52 heavy (non-hydrogen) atoms. The molecule has 0 radical (unpaired) electrons. The Morgan fingerprint density at radius 3 is 2.31 bits per heavy atom. The summed E-state index contributed by atoms with van der Waals surface area (Å²) in [6.45, 7) is 2.92. The SMILES string of the molecule is CC(C)(O)c1cnnn1[C@H]1C[C@@H](C(=O)NC2(C(=O)C(N)=O)CCS(=O)(=O)CC2)N(C(=O)C(CC2CCCCC2)NC(=O)c2ccc([N+](=O)[O-])cc2)C1. The summed E-state index contributed by atoms with van der Waals surface area (Å²) in [6.07, 6.45) is 5.29. The van der Waals surface area contributed by atoms with E-state index in [1.807, 2.05) is 0 Å². The van der Waals surface area contributed by atoms with Crippen LogP contribution in [-0.4, -0.2) is 103 Å². The molecule has 282 valence electrons. The number of nitro benzene ring substituents is 1. The van der Waals surface area contributed by atoms with Gasteiger partial charge in [0.15, 0.2) is 9.84 Å². The van der Waals surface area contributed by atoms with E-state index in [1.54, 1.807) is 0 Å². The number of nitrogens with one attached hydrogen (secondary N) is 2. The van der Waals surface area contributed by atoms with Crippen molar-refractivity contribution in [2.75, 3.05) is 18.1 Å². The summed E-state index contributed by atoms with van der Waals surface area (Å²) in [5, 5.41) is 35.5. The first kappa shape index (κ1) is 38.5. The Labute approximate surface area is 299 Å². The minimum absolute atomic E-state index is 0.0725. The van der Waals surface area contributed by atoms with E-state index in [1.165, 1.54) is 53.9 Å². The van der Waals surface area contributed by atoms with E-state index >= 15 is 0 Å². The van der Waals surface area contributed by atoms with Gasteiger partial charge in [-0.15, -0.1) is 5.10 Å². The van der Waals surface area contributed by atoms with Crippen LogP contribution in [0.2, 0.25) is 0 Å².